The van der Waals surface area contributed by atoms with Crippen molar-refractivity contribution in [2.24, 2.45) is 0 Å². The molecule has 0 saturated carbocycles. The minimum absolute atomic E-state index is 0. The SMILES string of the molecule is CCCCCCCCCCCCCCCCCCCCCC1Nc2ccccc2N1S(=O)(=O)[O-].CCCCCCCCCCCCCCCCCCCCCC1Nc2ccccc2N1S(=O)(=O)[O-].[Ca+2]. The number of nitrogens with one attached hydrogen (secondary N) is 2. The first-order chi connectivity index (χ1) is 33.1. The molecule has 0 aliphatic carbocycles. The Morgan fingerprint density at radius 3 is 0.783 bits per heavy atom. The second-order valence-electron chi connectivity index (χ2n) is 20.2. The number of benzene rings is 2. The number of fused-ring (bicyclic) bond motifs is 2. The van der Waals surface area contributed by atoms with Gasteiger partial charge in [-0.2, -0.15) is 0 Å². The van der Waals surface area contributed by atoms with Crippen LogP contribution in [0.15, 0.2) is 48.5 Å². The van der Waals surface area contributed by atoms with Gasteiger partial charge in [-0.25, -0.2) is 16.8 Å². The van der Waals surface area contributed by atoms with Gasteiger partial charge in [-0.1, -0.05) is 269 Å². The van der Waals surface area contributed by atoms with Crippen LogP contribution in [0, 0.1) is 0 Å². The van der Waals surface area contributed by atoms with E-state index in [1.807, 2.05) is 24.3 Å². The Morgan fingerprint density at radius 2 is 0.565 bits per heavy atom. The maximum atomic E-state index is 11.7. The van der Waals surface area contributed by atoms with Crippen LogP contribution in [0.25, 0.3) is 0 Å². The summed E-state index contributed by atoms with van der Waals surface area (Å²) < 4.78 is 72.4. The standard InChI is InChI=1S/2C28H50N2O3S.Ca/c2*1-2-3-4-5-6-7-8-9-10-11-12-13-14-15-16-17-18-19-20-25-28-29-26-23-21-22-24-27(26)30(28)34(31,32)33;/h2*21-24,28-29H,2-20,25H2,1H3,(H,31,32,33);/q;;+2/p-2. The summed E-state index contributed by atoms with van der Waals surface area (Å²) in [5.41, 5.74) is 2.40. The number of rotatable bonds is 42. The van der Waals surface area contributed by atoms with Crippen molar-refractivity contribution in [3.05, 3.63) is 48.5 Å². The zero-order chi connectivity index (χ0) is 49.0. The molecule has 0 radical (unpaired) electrons. The van der Waals surface area contributed by atoms with E-state index < -0.39 is 32.9 Å². The van der Waals surface area contributed by atoms with E-state index in [0.717, 1.165) is 45.7 Å². The van der Waals surface area contributed by atoms with Gasteiger partial charge >= 0.3 is 37.7 Å². The molecule has 2 aliphatic rings. The monoisotopic (exact) mass is 1030 g/mol. The van der Waals surface area contributed by atoms with E-state index in [4.69, 9.17) is 0 Å². The Kier molecular flexibility index (Phi) is 37.1. The van der Waals surface area contributed by atoms with Crippen molar-refractivity contribution in [1.82, 2.24) is 0 Å². The van der Waals surface area contributed by atoms with E-state index in [0.29, 0.717) is 24.2 Å². The van der Waals surface area contributed by atoms with E-state index in [2.05, 4.69) is 24.5 Å². The smallest absolute Gasteiger partial charge is 0.731 e. The molecule has 2 atom stereocenters. The molecule has 2 aromatic rings. The van der Waals surface area contributed by atoms with Gasteiger partial charge in [-0.3, -0.25) is 8.61 Å². The molecule has 4 rings (SSSR count). The van der Waals surface area contributed by atoms with Gasteiger partial charge < -0.3 is 19.7 Å². The average Bonchev–Trinajstić information content (AvgIpc) is 3.90. The number of hydrogen-bond donors (Lipinski definition) is 2. The van der Waals surface area contributed by atoms with Crippen LogP contribution in [0.5, 0.6) is 0 Å². The molecule has 69 heavy (non-hydrogen) atoms. The Bertz CT molecular complexity index is 1640. The molecular weight excluding hydrogens is 929 g/mol. The fourth-order valence-electron chi connectivity index (χ4n) is 10.2. The molecule has 2 aromatic carbocycles. The Labute approximate surface area is 454 Å². The molecule has 0 fully saturated rings. The van der Waals surface area contributed by atoms with Crippen LogP contribution < -0.4 is 19.2 Å². The maximum Gasteiger partial charge on any atom is 2.00 e. The number of nitrogens with zero attached hydrogens (tertiary/aromatic N) is 2. The number of anilines is 4. The number of unbranched alkanes of at least 4 members (excludes halogenated alkanes) is 36. The second-order valence-corrected chi connectivity index (χ2v) is 22.7. The maximum absolute atomic E-state index is 11.7. The molecule has 2 unspecified atom stereocenters. The van der Waals surface area contributed by atoms with Gasteiger partial charge in [0.15, 0.2) is 20.6 Å². The topological polar surface area (TPSA) is 145 Å². The van der Waals surface area contributed by atoms with E-state index in [9.17, 15) is 25.9 Å². The molecule has 13 heteroatoms. The van der Waals surface area contributed by atoms with E-state index in [-0.39, 0.29) is 37.7 Å². The predicted molar refractivity (Wildman–Crippen MR) is 294 cm³/mol. The van der Waals surface area contributed by atoms with Crippen molar-refractivity contribution in [3.8, 4) is 0 Å². The normalized spacial score (nSPS) is 15.2. The van der Waals surface area contributed by atoms with Gasteiger partial charge in [0.2, 0.25) is 0 Å². The van der Waals surface area contributed by atoms with Crippen LogP contribution in [0.4, 0.5) is 22.7 Å². The molecule has 0 spiro atoms. The van der Waals surface area contributed by atoms with Crippen molar-refractivity contribution >= 4 is 81.1 Å². The van der Waals surface area contributed by atoms with Crippen molar-refractivity contribution < 1.29 is 25.9 Å². The molecule has 0 bridgehead atoms. The Balaban J connectivity index is 0.000000467. The summed E-state index contributed by atoms with van der Waals surface area (Å²) in [7, 11) is -9.04. The largest absolute Gasteiger partial charge is 2.00 e. The van der Waals surface area contributed by atoms with Gasteiger partial charge in [0.1, 0.15) is 12.3 Å². The fraction of sp³-hybridized carbons (Fsp3) is 0.786. The van der Waals surface area contributed by atoms with Crippen molar-refractivity contribution in [3.63, 3.8) is 0 Å². The fourth-order valence-corrected chi connectivity index (χ4v) is 11.9. The number of hydrogen-bond acceptors (Lipinski definition) is 8. The van der Waals surface area contributed by atoms with Gasteiger partial charge in [0.25, 0.3) is 0 Å². The third-order valence-corrected chi connectivity index (χ3v) is 16.0. The average molecular weight is 1030 g/mol. The van der Waals surface area contributed by atoms with Gasteiger partial charge in [-0.15, -0.1) is 0 Å². The summed E-state index contributed by atoms with van der Waals surface area (Å²) >= 11 is 0. The van der Waals surface area contributed by atoms with Gasteiger partial charge in [0.05, 0.1) is 22.7 Å². The first kappa shape index (κ1) is 63.8. The third-order valence-electron chi connectivity index (χ3n) is 14.1. The zero-order valence-corrected chi connectivity index (χ0v) is 47.8. The summed E-state index contributed by atoms with van der Waals surface area (Å²) in [6.45, 7) is 4.56. The molecule has 0 aromatic heterocycles. The van der Waals surface area contributed by atoms with Crippen LogP contribution in [0.3, 0.4) is 0 Å². The third kappa shape index (κ3) is 28.7. The quantitative estimate of drug-likeness (QED) is 0.0380. The van der Waals surface area contributed by atoms with E-state index >= 15 is 0 Å². The van der Waals surface area contributed by atoms with Gasteiger partial charge in [-0.05, 0) is 49.9 Å². The van der Waals surface area contributed by atoms with Crippen LogP contribution in [0.2, 0.25) is 0 Å². The van der Waals surface area contributed by atoms with E-state index in [1.165, 1.54) is 218 Å². The minimum Gasteiger partial charge on any atom is -0.731 e. The van der Waals surface area contributed by atoms with Crippen LogP contribution in [-0.4, -0.2) is 76.0 Å². The predicted octanol–water partition coefficient (Wildman–Crippen LogP) is 16.7. The summed E-state index contributed by atoms with van der Waals surface area (Å²) in [5.74, 6) is 0. The molecule has 10 nitrogen and oxygen atoms in total. The van der Waals surface area contributed by atoms with Crippen LogP contribution in [0.1, 0.15) is 271 Å². The minimum atomic E-state index is -4.52. The molecule has 0 saturated heterocycles. The van der Waals surface area contributed by atoms with Gasteiger partial charge in [0, 0.05) is 0 Å². The Hall–Kier alpha value is -1.28. The molecular formula is C56H98CaN4O6S2. The summed E-state index contributed by atoms with van der Waals surface area (Å²) in [6.07, 6.45) is 51.2. The van der Waals surface area contributed by atoms with E-state index in [1.54, 1.807) is 24.3 Å². The summed E-state index contributed by atoms with van der Waals surface area (Å²) in [4.78, 5) is 0. The number of para-hydroxylation sites is 4. The zero-order valence-electron chi connectivity index (χ0n) is 43.9. The van der Waals surface area contributed by atoms with Crippen molar-refractivity contribution in [2.75, 3.05) is 19.2 Å². The molecule has 392 valence electrons. The summed E-state index contributed by atoms with van der Waals surface area (Å²) in [5, 5.41) is 6.39. The Morgan fingerprint density at radius 1 is 0.362 bits per heavy atom. The first-order valence-electron chi connectivity index (χ1n) is 28.3. The summed E-state index contributed by atoms with van der Waals surface area (Å²) in [6, 6.07) is 14.2. The molecule has 2 aliphatic heterocycles. The molecule has 2 heterocycles. The first-order valence-corrected chi connectivity index (χ1v) is 31.0. The van der Waals surface area contributed by atoms with Crippen LogP contribution >= 0.6 is 0 Å². The van der Waals surface area contributed by atoms with Crippen molar-refractivity contribution in [2.45, 2.75) is 283 Å². The van der Waals surface area contributed by atoms with Crippen molar-refractivity contribution in [1.29, 1.82) is 0 Å². The van der Waals surface area contributed by atoms with Crippen LogP contribution in [-0.2, 0) is 20.6 Å². The second kappa shape index (κ2) is 40.1. The molecule has 0 amide bonds. The molecule has 2 N–H and O–H groups in total.